The normalized spacial score (nSPS) is 24.2. The summed E-state index contributed by atoms with van der Waals surface area (Å²) < 4.78 is 0. The predicted octanol–water partition coefficient (Wildman–Crippen LogP) is 2.47. The number of anilines is 1. The van der Waals surface area contributed by atoms with Crippen LogP contribution in [-0.2, 0) is 4.79 Å². The van der Waals surface area contributed by atoms with Gasteiger partial charge >= 0.3 is 0 Å². The maximum absolute atomic E-state index is 12.2. The van der Waals surface area contributed by atoms with E-state index in [0.717, 1.165) is 45.2 Å². The van der Waals surface area contributed by atoms with E-state index in [9.17, 15) is 9.90 Å². The van der Waals surface area contributed by atoms with E-state index < -0.39 is 5.60 Å². The fourth-order valence-electron chi connectivity index (χ4n) is 3.72. The van der Waals surface area contributed by atoms with Crippen LogP contribution in [0.3, 0.4) is 0 Å². The lowest BCUT2D eigenvalue weighted by molar-refractivity contribution is -0.128. The minimum absolute atomic E-state index is 0.00399. The predicted molar refractivity (Wildman–Crippen MR) is 87.9 cm³/mol. The molecule has 2 fully saturated rings. The molecule has 120 valence electrons. The molecule has 4 nitrogen and oxygen atoms in total. The molecule has 1 aliphatic carbocycles. The highest BCUT2D eigenvalue weighted by Gasteiger charge is 2.33. The van der Waals surface area contributed by atoms with Gasteiger partial charge in [0.05, 0.1) is 12.0 Å². The average molecular weight is 302 g/mol. The largest absolute Gasteiger partial charge is 0.389 e. The molecular weight excluding hydrogens is 276 g/mol. The summed E-state index contributed by atoms with van der Waals surface area (Å²) in [6, 6.07) is 10.5. The van der Waals surface area contributed by atoms with Crippen molar-refractivity contribution in [2.45, 2.75) is 56.6 Å². The molecule has 1 saturated carbocycles. The summed E-state index contributed by atoms with van der Waals surface area (Å²) in [5.74, 6) is 0.00399. The SMILES string of the molecule is O=C(CC1(O)CCCCC1)NC1CCN(c2ccccc2)C1. The van der Waals surface area contributed by atoms with Gasteiger partial charge in [0.25, 0.3) is 0 Å². The number of carbonyl (C=O) groups is 1. The summed E-state index contributed by atoms with van der Waals surface area (Å²) in [4.78, 5) is 14.5. The number of nitrogens with zero attached hydrogens (tertiary/aromatic N) is 1. The third-order valence-electron chi connectivity index (χ3n) is 4.95. The first-order chi connectivity index (χ1) is 10.6. The van der Waals surface area contributed by atoms with Gasteiger partial charge in [-0.25, -0.2) is 0 Å². The third-order valence-corrected chi connectivity index (χ3v) is 4.95. The highest BCUT2D eigenvalue weighted by molar-refractivity contribution is 5.77. The number of hydrogen-bond acceptors (Lipinski definition) is 3. The van der Waals surface area contributed by atoms with Gasteiger partial charge in [0.2, 0.25) is 5.91 Å². The fourth-order valence-corrected chi connectivity index (χ4v) is 3.72. The zero-order chi connectivity index (χ0) is 15.4. The lowest BCUT2D eigenvalue weighted by Crippen LogP contribution is -2.43. The molecule has 1 aromatic carbocycles. The summed E-state index contributed by atoms with van der Waals surface area (Å²) in [6.07, 6.45) is 6.01. The van der Waals surface area contributed by atoms with Crippen LogP contribution in [0.1, 0.15) is 44.9 Å². The number of benzene rings is 1. The molecule has 1 atom stereocenters. The Morgan fingerprint density at radius 1 is 1.23 bits per heavy atom. The second-order valence-electron chi connectivity index (χ2n) is 6.80. The monoisotopic (exact) mass is 302 g/mol. The zero-order valence-corrected chi connectivity index (χ0v) is 13.1. The van der Waals surface area contributed by atoms with Crippen LogP contribution >= 0.6 is 0 Å². The summed E-state index contributed by atoms with van der Waals surface area (Å²) in [5.41, 5.74) is 0.449. The van der Waals surface area contributed by atoms with Gasteiger partial charge in [-0.1, -0.05) is 37.5 Å². The Labute approximate surface area is 132 Å². The molecule has 1 amide bonds. The molecule has 0 bridgehead atoms. The second-order valence-corrected chi connectivity index (χ2v) is 6.80. The molecule has 2 aliphatic rings. The van der Waals surface area contributed by atoms with Gasteiger partial charge < -0.3 is 15.3 Å². The van der Waals surface area contributed by atoms with Crippen LogP contribution in [0.5, 0.6) is 0 Å². The Balaban J connectivity index is 1.48. The number of hydrogen-bond donors (Lipinski definition) is 2. The molecule has 22 heavy (non-hydrogen) atoms. The van der Waals surface area contributed by atoms with E-state index in [0.29, 0.717) is 0 Å². The van der Waals surface area contributed by atoms with Crippen molar-refractivity contribution in [2.24, 2.45) is 0 Å². The van der Waals surface area contributed by atoms with Gasteiger partial charge in [-0.3, -0.25) is 4.79 Å². The van der Waals surface area contributed by atoms with Crippen molar-refractivity contribution >= 4 is 11.6 Å². The standard InChI is InChI=1S/C18H26N2O2/c21-17(13-18(22)10-5-2-6-11-18)19-15-9-12-20(14-15)16-7-3-1-4-8-16/h1,3-4,7-8,15,22H,2,5-6,9-14H2,(H,19,21). The van der Waals surface area contributed by atoms with Crippen LogP contribution < -0.4 is 10.2 Å². The number of rotatable bonds is 4. The third kappa shape index (κ3) is 3.80. The van der Waals surface area contributed by atoms with Crippen molar-refractivity contribution in [3.05, 3.63) is 30.3 Å². The van der Waals surface area contributed by atoms with Crippen molar-refractivity contribution in [3.63, 3.8) is 0 Å². The Morgan fingerprint density at radius 3 is 2.68 bits per heavy atom. The molecule has 1 aromatic rings. The van der Waals surface area contributed by atoms with Gasteiger partial charge in [0.1, 0.15) is 0 Å². The van der Waals surface area contributed by atoms with E-state index in [4.69, 9.17) is 0 Å². The van der Waals surface area contributed by atoms with Crippen molar-refractivity contribution in [1.82, 2.24) is 5.32 Å². The first kappa shape index (κ1) is 15.3. The van der Waals surface area contributed by atoms with Crippen molar-refractivity contribution < 1.29 is 9.90 Å². The molecule has 1 saturated heterocycles. The van der Waals surface area contributed by atoms with E-state index in [2.05, 4.69) is 22.3 Å². The van der Waals surface area contributed by atoms with Gasteiger partial charge in [-0.05, 0) is 31.4 Å². The first-order valence-electron chi connectivity index (χ1n) is 8.46. The summed E-state index contributed by atoms with van der Waals surface area (Å²) in [7, 11) is 0. The summed E-state index contributed by atoms with van der Waals surface area (Å²) in [6.45, 7) is 1.83. The number of nitrogens with one attached hydrogen (secondary N) is 1. The van der Waals surface area contributed by atoms with Gasteiger partial charge in [0.15, 0.2) is 0 Å². The van der Waals surface area contributed by atoms with E-state index in [1.807, 2.05) is 18.2 Å². The Bertz CT molecular complexity index is 497. The minimum Gasteiger partial charge on any atom is -0.389 e. The Hall–Kier alpha value is -1.55. The Kier molecular flexibility index (Phi) is 4.67. The molecule has 0 spiro atoms. The summed E-state index contributed by atoms with van der Waals surface area (Å²) >= 11 is 0. The molecule has 1 aliphatic heterocycles. The highest BCUT2D eigenvalue weighted by Crippen LogP contribution is 2.31. The molecule has 4 heteroatoms. The van der Waals surface area contributed by atoms with E-state index in [1.54, 1.807) is 0 Å². The van der Waals surface area contributed by atoms with Crippen LogP contribution in [0.15, 0.2) is 30.3 Å². The van der Waals surface area contributed by atoms with E-state index >= 15 is 0 Å². The van der Waals surface area contributed by atoms with Gasteiger partial charge in [-0.15, -0.1) is 0 Å². The lowest BCUT2D eigenvalue weighted by atomic mass is 9.82. The molecule has 0 radical (unpaired) electrons. The lowest BCUT2D eigenvalue weighted by Gasteiger charge is -2.31. The van der Waals surface area contributed by atoms with Gasteiger partial charge in [-0.2, -0.15) is 0 Å². The quantitative estimate of drug-likeness (QED) is 0.898. The summed E-state index contributed by atoms with van der Waals surface area (Å²) in [5, 5.41) is 13.6. The minimum atomic E-state index is -0.764. The average Bonchev–Trinajstić information content (AvgIpc) is 2.96. The number of carbonyl (C=O) groups excluding carboxylic acids is 1. The Morgan fingerprint density at radius 2 is 1.95 bits per heavy atom. The van der Waals surface area contributed by atoms with Crippen molar-refractivity contribution in [2.75, 3.05) is 18.0 Å². The van der Waals surface area contributed by atoms with Crippen LogP contribution in [0.4, 0.5) is 5.69 Å². The molecule has 1 unspecified atom stereocenters. The maximum atomic E-state index is 12.2. The molecule has 0 aromatic heterocycles. The van der Waals surface area contributed by atoms with Crippen LogP contribution in [0, 0.1) is 0 Å². The first-order valence-corrected chi connectivity index (χ1v) is 8.46. The smallest absolute Gasteiger partial charge is 0.223 e. The molecule has 1 heterocycles. The van der Waals surface area contributed by atoms with Crippen LogP contribution in [-0.4, -0.2) is 35.7 Å². The number of aliphatic hydroxyl groups is 1. The highest BCUT2D eigenvalue weighted by atomic mass is 16.3. The van der Waals surface area contributed by atoms with Crippen LogP contribution in [0.25, 0.3) is 0 Å². The van der Waals surface area contributed by atoms with E-state index in [1.165, 1.54) is 12.1 Å². The van der Waals surface area contributed by atoms with Crippen LogP contribution in [0.2, 0.25) is 0 Å². The van der Waals surface area contributed by atoms with Gasteiger partial charge in [0, 0.05) is 24.8 Å². The maximum Gasteiger partial charge on any atom is 0.223 e. The topological polar surface area (TPSA) is 52.6 Å². The second kappa shape index (κ2) is 6.69. The number of amides is 1. The molecule has 3 rings (SSSR count). The zero-order valence-electron chi connectivity index (χ0n) is 13.1. The number of para-hydroxylation sites is 1. The van der Waals surface area contributed by atoms with E-state index in [-0.39, 0.29) is 18.4 Å². The molecule has 2 N–H and O–H groups in total. The fraction of sp³-hybridized carbons (Fsp3) is 0.611. The van der Waals surface area contributed by atoms with Crippen molar-refractivity contribution in [3.8, 4) is 0 Å². The molecular formula is C18H26N2O2. The van der Waals surface area contributed by atoms with Crippen molar-refractivity contribution in [1.29, 1.82) is 0 Å².